The zero-order valence-electron chi connectivity index (χ0n) is 15.6. The van der Waals surface area contributed by atoms with Crippen LogP contribution < -0.4 is 5.32 Å². The molecule has 0 aliphatic carbocycles. The molecule has 5 nitrogen and oxygen atoms in total. The molecule has 2 aliphatic heterocycles. The minimum atomic E-state index is -0.252. The number of amides is 2. The lowest BCUT2D eigenvalue weighted by molar-refractivity contribution is -0.0550. The van der Waals surface area contributed by atoms with Crippen LogP contribution in [0.5, 0.6) is 0 Å². The van der Waals surface area contributed by atoms with E-state index >= 15 is 0 Å². The average molecular weight is 363 g/mol. The number of carbonyl (C=O) groups excluding carboxylic acids is 1. The molecule has 5 heteroatoms. The van der Waals surface area contributed by atoms with E-state index < -0.39 is 0 Å². The van der Waals surface area contributed by atoms with Crippen LogP contribution in [-0.4, -0.2) is 35.3 Å². The maximum absolute atomic E-state index is 12.5. The van der Waals surface area contributed by atoms with Crippen LogP contribution in [0, 0.1) is 6.92 Å². The first-order valence-electron chi connectivity index (χ1n) is 9.53. The molecule has 4 rings (SSSR count). The van der Waals surface area contributed by atoms with Crippen LogP contribution in [0.1, 0.15) is 36.0 Å². The number of aryl methyl sites for hydroxylation is 1. The van der Waals surface area contributed by atoms with Gasteiger partial charge in [0.15, 0.2) is 0 Å². The molecular formula is C22H25N3O2. The molecule has 1 fully saturated rings. The molecule has 0 unspecified atom stereocenters. The molecule has 0 radical (unpaired) electrons. The highest BCUT2D eigenvalue weighted by molar-refractivity contribution is 6.01. The Morgan fingerprint density at radius 1 is 1.11 bits per heavy atom. The summed E-state index contributed by atoms with van der Waals surface area (Å²) in [5, 5.41) is 7.38. The van der Waals surface area contributed by atoms with Gasteiger partial charge in [0, 0.05) is 38.9 Å². The summed E-state index contributed by atoms with van der Waals surface area (Å²) in [6, 6.07) is 18.3. The number of rotatable bonds is 3. The van der Waals surface area contributed by atoms with E-state index in [2.05, 4.69) is 41.7 Å². The second-order valence-corrected chi connectivity index (χ2v) is 7.43. The summed E-state index contributed by atoms with van der Waals surface area (Å²) in [6.45, 7) is 4.01. The van der Waals surface area contributed by atoms with E-state index in [-0.39, 0.29) is 11.6 Å². The van der Waals surface area contributed by atoms with Crippen molar-refractivity contribution in [1.82, 2.24) is 10.2 Å². The molecule has 2 heterocycles. The Bertz CT molecular complexity index is 840. The van der Waals surface area contributed by atoms with Gasteiger partial charge < -0.3 is 15.1 Å². The molecule has 140 valence electrons. The first-order chi connectivity index (χ1) is 13.2. The van der Waals surface area contributed by atoms with E-state index in [1.54, 1.807) is 0 Å². The standard InChI is InChI=1S/C22H25N3O2/c1-17-7-5-6-10-19(17)16-23-21(26)25-13-11-22(12-14-25)15-20(24-27-22)18-8-3-2-4-9-18/h2-10H,11-16H2,1H3,(H,23,26). The molecule has 0 atom stereocenters. The summed E-state index contributed by atoms with van der Waals surface area (Å²) < 4.78 is 0. The highest BCUT2D eigenvalue weighted by atomic mass is 16.7. The summed E-state index contributed by atoms with van der Waals surface area (Å²) in [5.74, 6) is 0. The number of hydrogen-bond donors (Lipinski definition) is 1. The van der Waals surface area contributed by atoms with Crippen LogP contribution in [-0.2, 0) is 11.4 Å². The van der Waals surface area contributed by atoms with Gasteiger partial charge in [-0.1, -0.05) is 59.8 Å². The third-order valence-electron chi connectivity index (χ3n) is 5.60. The minimum Gasteiger partial charge on any atom is -0.388 e. The second-order valence-electron chi connectivity index (χ2n) is 7.43. The predicted molar refractivity (Wildman–Crippen MR) is 106 cm³/mol. The third-order valence-corrected chi connectivity index (χ3v) is 5.60. The maximum Gasteiger partial charge on any atom is 0.317 e. The minimum absolute atomic E-state index is 0.00435. The largest absolute Gasteiger partial charge is 0.388 e. The van der Waals surface area contributed by atoms with E-state index in [0.29, 0.717) is 19.6 Å². The van der Waals surface area contributed by atoms with Gasteiger partial charge in [0.05, 0.1) is 5.71 Å². The van der Waals surface area contributed by atoms with E-state index in [0.717, 1.165) is 36.1 Å². The van der Waals surface area contributed by atoms with Gasteiger partial charge in [-0.3, -0.25) is 0 Å². The van der Waals surface area contributed by atoms with Gasteiger partial charge in [-0.05, 0) is 23.6 Å². The smallest absolute Gasteiger partial charge is 0.317 e. The van der Waals surface area contributed by atoms with E-state index in [4.69, 9.17) is 4.84 Å². The average Bonchev–Trinajstić information content (AvgIpc) is 3.12. The Morgan fingerprint density at radius 3 is 2.56 bits per heavy atom. The number of nitrogens with zero attached hydrogens (tertiary/aromatic N) is 2. The number of oxime groups is 1. The SMILES string of the molecule is Cc1ccccc1CNC(=O)N1CCC2(CC1)CC(c1ccccc1)=NO2. The Kier molecular flexibility index (Phi) is 4.84. The number of piperidine rings is 1. The number of likely N-dealkylation sites (tertiary alicyclic amines) is 1. The first-order valence-corrected chi connectivity index (χ1v) is 9.53. The molecule has 1 N–H and O–H groups in total. The molecule has 0 bridgehead atoms. The van der Waals surface area contributed by atoms with Crippen molar-refractivity contribution >= 4 is 11.7 Å². The highest BCUT2D eigenvalue weighted by Crippen LogP contribution is 2.36. The second kappa shape index (κ2) is 7.43. The Labute approximate surface area is 160 Å². The molecule has 27 heavy (non-hydrogen) atoms. The summed E-state index contributed by atoms with van der Waals surface area (Å²) in [4.78, 5) is 20.3. The van der Waals surface area contributed by atoms with Gasteiger partial charge in [-0.15, -0.1) is 0 Å². The molecule has 1 saturated heterocycles. The normalized spacial score (nSPS) is 18.1. The summed E-state index contributed by atoms with van der Waals surface area (Å²) >= 11 is 0. The van der Waals surface area contributed by atoms with Gasteiger partial charge in [0.1, 0.15) is 5.60 Å². The van der Waals surface area contributed by atoms with Crippen LogP contribution in [0.25, 0.3) is 0 Å². The molecule has 2 aliphatic rings. The Morgan fingerprint density at radius 2 is 1.81 bits per heavy atom. The van der Waals surface area contributed by atoms with Crippen molar-refractivity contribution < 1.29 is 9.63 Å². The highest BCUT2D eigenvalue weighted by Gasteiger charge is 2.43. The fourth-order valence-corrected chi connectivity index (χ4v) is 3.78. The fraction of sp³-hybridized carbons (Fsp3) is 0.364. The summed E-state index contributed by atoms with van der Waals surface area (Å²) in [5.41, 5.74) is 4.22. The number of hydrogen-bond acceptors (Lipinski definition) is 3. The van der Waals surface area contributed by atoms with Crippen LogP contribution in [0.3, 0.4) is 0 Å². The molecule has 2 aromatic carbocycles. The van der Waals surface area contributed by atoms with Crippen LogP contribution in [0.2, 0.25) is 0 Å². The zero-order chi connectivity index (χ0) is 18.7. The van der Waals surface area contributed by atoms with Gasteiger partial charge in [0.25, 0.3) is 0 Å². The van der Waals surface area contributed by atoms with Crippen molar-refractivity contribution in [3.63, 3.8) is 0 Å². The van der Waals surface area contributed by atoms with Crippen molar-refractivity contribution in [3.8, 4) is 0 Å². The summed E-state index contributed by atoms with van der Waals surface area (Å²) in [7, 11) is 0. The Balaban J connectivity index is 1.29. The number of nitrogens with one attached hydrogen (secondary N) is 1. The molecule has 1 spiro atoms. The van der Waals surface area contributed by atoms with Crippen LogP contribution in [0.15, 0.2) is 59.8 Å². The molecular weight excluding hydrogens is 338 g/mol. The predicted octanol–water partition coefficient (Wildman–Crippen LogP) is 3.86. The topological polar surface area (TPSA) is 53.9 Å². The monoisotopic (exact) mass is 363 g/mol. The van der Waals surface area contributed by atoms with E-state index in [1.165, 1.54) is 5.56 Å². The van der Waals surface area contributed by atoms with Crippen molar-refractivity contribution in [3.05, 3.63) is 71.3 Å². The van der Waals surface area contributed by atoms with E-state index in [1.807, 2.05) is 35.2 Å². The molecule has 0 saturated carbocycles. The van der Waals surface area contributed by atoms with Gasteiger partial charge in [-0.2, -0.15) is 0 Å². The van der Waals surface area contributed by atoms with Crippen LogP contribution >= 0.6 is 0 Å². The van der Waals surface area contributed by atoms with Gasteiger partial charge >= 0.3 is 6.03 Å². The van der Waals surface area contributed by atoms with Crippen molar-refractivity contribution in [1.29, 1.82) is 0 Å². The first kappa shape index (κ1) is 17.6. The lowest BCUT2D eigenvalue weighted by Gasteiger charge is -2.37. The maximum atomic E-state index is 12.5. The van der Waals surface area contributed by atoms with Crippen LogP contribution in [0.4, 0.5) is 4.79 Å². The van der Waals surface area contributed by atoms with Crippen molar-refractivity contribution in [2.24, 2.45) is 5.16 Å². The molecule has 2 amide bonds. The quantitative estimate of drug-likeness (QED) is 0.900. The van der Waals surface area contributed by atoms with E-state index in [9.17, 15) is 4.79 Å². The van der Waals surface area contributed by atoms with Crippen molar-refractivity contribution in [2.45, 2.75) is 38.3 Å². The third kappa shape index (κ3) is 3.82. The number of carbonyl (C=O) groups is 1. The molecule has 2 aromatic rings. The van der Waals surface area contributed by atoms with Gasteiger partial charge in [-0.25, -0.2) is 4.79 Å². The van der Waals surface area contributed by atoms with Gasteiger partial charge in [0.2, 0.25) is 0 Å². The summed E-state index contributed by atoms with van der Waals surface area (Å²) in [6.07, 6.45) is 2.44. The Hall–Kier alpha value is -2.82. The zero-order valence-corrected chi connectivity index (χ0v) is 15.6. The number of urea groups is 1. The fourth-order valence-electron chi connectivity index (χ4n) is 3.78. The molecule has 0 aromatic heterocycles. The lowest BCUT2D eigenvalue weighted by Crippen LogP contribution is -2.49. The van der Waals surface area contributed by atoms with Crippen molar-refractivity contribution in [2.75, 3.05) is 13.1 Å². The lowest BCUT2D eigenvalue weighted by atomic mass is 9.85. The number of benzene rings is 2.